The van der Waals surface area contributed by atoms with Crippen molar-refractivity contribution in [3.05, 3.63) is 0 Å². The molecule has 1 aliphatic rings. The Morgan fingerprint density at radius 1 is 1.36 bits per heavy atom. The van der Waals surface area contributed by atoms with Crippen molar-refractivity contribution in [3.63, 3.8) is 0 Å². The first kappa shape index (κ1) is 11.5. The van der Waals surface area contributed by atoms with E-state index >= 15 is 0 Å². The first-order chi connectivity index (χ1) is 4.83. The number of rotatable bonds is 2. The van der Waals surface area contributed by atoms with Crippen LogP contribution in [0.25, 0.3) is 0 Å². The summed E-state index contributed by atoms with van der Waals surface area (Å²) in [4.78, 5) is 2.39. The van der Waals surface area contributed by atoms with Crippen LogP contribution in [0.4, 0.5) is 0 Å². The molecule has 0 aromatic heterocycles. The van der Waals surface area contributed by atoms with Gasteiger partial charge in [-0.2, -0.15) is 0 Å². The molecule has 0 radical (unpaired) electrons. The topological polar surface area (TPSA) is 3.24 Å². The summed E-state index contributed by atoms with van der Waals surface area (Å²) in [5.41, 5.74) is 0. The average molecular weight is 198 g/mol. The number of piperidine rings is 1. The molecule has 0 aromatic rings. The minimum Gasteiger partial charge on any atom is -0.306 e. The van der Waals surface area contributed by atoms with Gasteiger partial charge >= 0.3 is 0 Å². The second-order valence-electron chi connectivity index (χ2n) is 3.22. The van der Waals surface area contributed by atoms with Crippen molar-refractivity contribution in [2.75, 3.05) is 26.0 Å². The van der Waals surface area contributed by atoms with Crippen LogP contribution >= 0.6 is 24.0 Å². The van der Waals surface area contributed by atoms with Crippen molar-refractivity contribution in [1.82, 2.24) is 4.90 Å². The summed E-state index contributed by atoms with van der Waals surface area (Å²) in [6, 6.07) is 0. The molecule has 0 unspecified atom stereocenters. The van der Waals surface area contributed by atoms with Crippen molar-refractivity contribution in [2.24, 2.45) is 5.92 Å². The highest BCUT2D eigenvalue weighted by molar-refractivity contribution is 6.17. The Morgan fingerprint density at radius 3 is 2.36 bits per heavy atom. The summed E-state index contributed by atoms with van der Waals surface area (Å²) in [6.45, 7) is 2.53. The van der Waals surface area contributed by atoms with E-state index in [1.807, 2.05) is 0 Å². The van der Waals surface area contributed by atoms with Crippen molar-refractivity contribution >= 4 is 24.0 Å². The fourth-order valence-corrected chi connectivity index (χ4v) is 1.81. The standard InChI is InChI=1S/C8H16ClN.ClH/c1-10-6-3-8(2-5-9)4-7-10;/h8H,2-7H2,1H3;1H. The van der Waals surface area contributed by atoms with Gasteiger partial charge in [0.2, 0.25) is 0 Å². The lowest BCUT2D eigenvalue weighted by Crippen LogP contribution is -2.30. The van der Waals surface area contributed by atoms with Crippen LogP contribution in [0, 0.1) is 5.92 Å². The van der Waals surface area contributed by atoms with Crippen LogP contribution in [0.1, 0.15) is 19.3 Å². The number of alkyl halides is 1. The smallest absolute Gasteiger partial charge is 0.0226 e. The SMILES string of the molecule is CN1CCC(CCCl)CC1.Cl. The van der Waals surface area contributed by atoms with Crippen LogP contribution in [-0.2, 0) is 0 Å². The van der Waals surface area contributed by atoms with Gasteiger partial charge in [-0.3, -0.25) is 0 Å². The molecule has 1 fully saturated rings. The van der Waals surface area contributed by atoms with Crippen molar-refractivity contribution in [1.29, 1.82) is 0 Å². The summed E-state index contributed by atoms with van der Waals surface area (Å²) in [5.74, 6) is 1.75. The molecular weight excluding hydrogens is 181 g/mol. The molecule has 1 nitrogen and oxygen atoms in total. The lowest BCUT2D eigenvalue weighted by atomic mass is 9.95. The van der Waals surface area contributed by atoms with Crippen LogP contribution in [0.3, 0.4) is 0 Å². The summed E-state index contributed by atoms with van der Waals surface area (Å²) in [5, 5.41) is 0. The predicted octanol–water partition coefficient (Wildman–Crippen LogP) is 2.38. The van der Waals surface area contributed by atoms with Gasteiger partial charge in [-0.05, 0) is 45.3 Å². The van der Waals surface area contributed by atoms with E-state index in [4.69, 9.17) is 11.6 Å². The van der Waals surface area contributed by atoms with Crippen LogP contribution in [-0.4, -0.2) is 30.9 Å². The van der Waals surface area contributed by atoms with E-state index < -0.39 is 0 Å². The van der Waals surface area contributed by atoms with Crippen molar-refractivity contribution in [3.8, 4) is 0 Å². The maximum Gasteiger partial charge on any atom is 0.0226 e. The van der Waals surface area contributed by atoms with Gasteiger partial charge in [0.25, 0.3) is 0 Å². The molecule has 0 saturated carbocycles. The fourth-order valence-electron chi connectivity index (χ4n) is 1.51. The Hall–Kier alpha value is 0.540. The third-order valence-electron chi connectivity index (χ3n) is 2.36. The van der Waals surface area contributed by atoms with Crippen LogP contribution in [0.15, 0.2) is 0 Å². The Labute approximate surface area is 80.5 Å². The zero-order valence-electron chi connectivity index (χ0n) is 7.05. The highest BCUT2D eigenvalue weighted by Gasteiger charge is 2.15. The summed E-state index contributed by atoms with van der Waals surface area (Å²) >= 11 is 5.66. The minimum absolute atomic E-state index is 0. The zero-order valence-corrected chi connectivity index (χ0v) is 8.63. The lowest BCUT2D eigenvalue weighted by molar-refractivity contribution is 0.217. The molecule has 0 spiro atoms. The Kier molecular flexibility index (Phi) is 6.40. The molecule has 0 atom stereocenters. The number of halogens is 2. The van der Waals surface area contributed by atoms with Crippen molar-refractivity contribution in [2.45, 2.75) is 19.3 Å². The van der Waals surface area contributed by atoms with Crippen molar-refractivity contribution < 1.29 is 0 Å². The van der Waals surface area contributed by atoms with E-state index in [0.717, 1.165) is 11.8 Å². The lowest BCUT2D eigenvalue weighted by Gasteiger charge is -2.28. The van der Waals surface area contributed by atoms with Gasteiger partial charge in [-0.15, -0.1) is 24.0 Å². The molecule has 1 heterocycles. The van der Waals surface area contributed by atoms with Crippen LogP contribution in [0.2, 0.25) is 0 Å². The molecule has 68 valence electrons. The van der Waals surface area contributed by atoms with E-state index in [1.165, 1.54) is 32.4 Å². The number of nitrogens with zero attached hydrogens (tertiary/aromatic N) is 1. The Morgan fingerprint density at radius 2 is 1.91 bits per heavy atom. The first-order valence-corrected chi connectivity index (χ1v) is 4.61. The molecular formula is C8H17Cl2N. The summed E-state index contributed by atoms with van der Waals surface area (Å²) < 4.78 is 0. The van der Waals surface area contributed by atoms with Gasteiger partial charge < -0.3 is 4.90 Å². The Balaban J connectivity index is 0.000001000. The second kappa shape index (κ2) is 6.10. The quantitative estimate of drug-likeness (QED) is 0.616. The first-order valence-electron chi connectivity index (χ1n) is 4.07. The molecule has 3 heteroatoms. The van der Waals surface area contributed by atoms with E-state index in [1.54, 1.807) is 0 Å². The molecule has 1 saturated heterocycles. The number of hydrogen-bond donors (Lipinski definition) is 0. The minimum atomic E-state index is 0. The largest absolute Gasteiger partial charge is 0.306 e. The molecule has 1 aliphatic heterocycles. The second-order valence-corrected chi connectivity index (χ2v) is 3.60. The maximum atomic E-state index is 5.66. The van der Waals surface area contributed by atoms with Gasteiger partial charge in [0, 0.05) is 5.88 Å². The van der Waals surface area contributed by atoms with E-state index in [2.05, 4.69) is 11.9 Å². The molecule has 0 N–H and O–H groups in total. The molecule has 1 rings (SSSR count). The fraction of sp³-hybridized carbons (Fsp3) is 1.00. The van der Waals surface area contributed by atoms with Gasteiger partial charge in [0.1, 0.15) is 0 Å². The monoisotopic (exact) mass is 197 g/mol. The Bertz CT molecular complexity index is 90.1. The normalized spacial score (nSPS) is 21.3. The third-order valence-corrected chi connectivity index (χ3v) is 2.57. The molecule has 0 amide bonds. The van der Waals surface area contributed by atoms with Gasteiger partial charge in [0.15, 0.2) is 0 Å². The highest BCUT2D eigenvalue weighted by Crippen LogP contribution is 2.19. The molecule has 0 aliphatic carbocycles. The van der Waals surface area contributed by atoms with E-state index in [0.29, 0.717) is 0 Å². The molecule has 0 aromatic carbocycles. The van der Waals surface area contributed by atoms with Crippen LogP contribution in [0.5, 0.6) is 0 Å². The average Bonchev–Trinajstić information content (AvgIpc) is 1.95. The zero-order chi connectivity index (χ0) is 7.40. The van der Waals surface area contributed by atoms with Gasteiger partial charge in [-0.1, -0.05) is 0 Å². The van der Waals surface area contributed by atoms with Gasteiger partial charge in [0.05, 0.1) is 0 Å². The number of hydrogen-bond acceptors (Lipinski definition) is 1. The van der Waals surface area contributed by atoms with E-state index in [9.17, 15) is 0 Å². The maximum absolute atomic E-state index is 5.66. The highest BCUT2D eigenvalue weighted by atomic mass is 35.5. The van der Waals surface area contributed by atoms with Crippen LogP contribution < -0.4 is 0 Å². The molecule has 0 bridgehead atoms. The summed E-state index contributed by atoms with van der Waals surface area (Å²) in [6.07, 6.45) is 3.92. The number of likely N-dealkylation sites (tertiary alicyclic amines) is 1. The summed E-state index contributed by atoms with van der Waals surface area (Å²) in [7, 11) is 2.19. The third kappa shape index (κ3) is 4.19. The van der Waals surface area contributed by atoms with Gasteiger partial charge in [-0.25, -0.2) is 0 Å². The molecule has 11 heavy (non-hydrogen) atoms. The van der Waals surface area contributed by atoms with E-state index in [-0.39, 0.29) is 12.4 Å². The predicted molar refractivity (Wildman–Crippen MR) is 52.8 cm³/mol.